The molecule has 0 bridgehead atoms. The summed E-state index contributed by atoms with van der Waals surface area (Å²) >= 11 is 0. The van der Waals surface area contributed by atoms with E-state index in [4.69, 9.17) is 8.94 Å². The summed E-state index contributed by atoms with van der Waals surface area (Å²) in [5.74, 6) is 4.13. The lowest BCUT2D eigenvalue weighted by Gasteiger charge is -2.35. The van der Waals surface area contributed by atoms with Crippen molar-refractivity contribution in [2.24, 2.45) is 0 Å². The molecule has 0 radical (unpaired) electrons. The molecule has 3 aromatic heterocycles. The summed E-state index contributed by atoms with van der Waals surface area (Å²) in [6, 6.07) is 5.79. The number of anilines is 1. The molecule has 0 unspecified atom stereocenters. The molecule has 0 N–H and O–H groups in total. The number of furan rings is 1. The Balaban J connectivity index is 1.21. The van der Waals surface area contributed by atoms with E-state index in [1.165, 1.54) is 12.8 Å². The zero-order valence-electron chi connectivity index (χ0n) is 18.0. The number of aryl methyl sites for hydroxylation is 2. The maximum absolute atomic E-state index is 12.8. The second kappa shape index (κ2) is 8.17. The van der Waals surface area contributed by atoms with Gasteiger partial charge in [0.05, 0.1) is 5.56 Å². The minimum absolute atomic E-state index is 0.0347. The fourth-order valence-corrected chi connectivity index (χ4v) is 4.55. The van der Waals surface area contributed by atoms with Crippen LogP contribution in [0.15, 0.2) is 33.3 Å². The first-order valence-electron chi connectivity index (χ1n) is 11.0. The quantitative estimate of drug-likeness (QED) is 0.630. The van der Waals surface area contributed by atoms with Crippen LogP contribution in [0.4, 0.5) is 5.82 Å². The zero-order chi connectivity index (χ0) is 21.4. The number of rotatable bonds is 4. The van der Waals surface area contributed by atoms with Gasteiger partial charge in [-0.25, -0.2) is 4.98 Å². The second-order valence-electron chi connectivity index (χ2n) is 8.45. The maximum atomic E-state index is 12.8. The third kappa shape index (κ3) is 3.94. The highest BCUT2D eigenvalue weighted by Gasteiger charge is 2.26. The Hall–Kier alpha value is -3.16. The Morgan fingerprint density at radius 2 is 1.87 bits per heavy atom. The van der Waals surface area contributed by atoms with Crippen LogP contribution in [-0.2, 0) is 0 Å². The Morgan fingerprint density at radius 3 is 2.52 bits per heavy atom. The van der Waals surface area contributed by atoms with E-state index in [0.29, 0.717) is 36.2 Å². The number of aromatic nitrogens is 3. The van der Waals surface area contributed by atoms with Gasteiger partial charge in [0.1, 0.15) is 17.3 Å². The number of nitrogens with zero attached hydrogens (tertiary/aromatic N) is 5. The van der Waals surface area contributed by atoms with Crippen molar-refractivity contribution in [1.29, 1.82) is 0 Å². The van der Waals surface area contributed by atoms with Crippen molar-refractivity contribution in [3.8, 4) is 11.4 Å². The number of carbonyl (C=O) groups is 1. The van der Waals surface area contributed by atoms with Gasteiger partial charge in [0, 0.05) is 43.9 Å². The molecule has 31 heavy (non-hydrogen) atoms. The van der Waals surface area contributed by atoms with Crippen LogP contribution in [0.25, 0.3) is 11.4 Å². The first kappa shape index (κ1) is 19.8. The average Bonchev–Trinajstić information content (AvgIpc) is 3.54. The predicted octanol–water partition coefficient (Wildman–Crippen LogP) is 3.96. The standard InChI is InChI=1S/C23H27N5O3/c1-15-13-19(16(2)30-15)23(29)28-11-9-27(10-12-28)20-8-7-18(14-24-20)21-25-22(31-26-21)17-5-3-4-6-17/h7-8,13-14,17H,3-6,9-12H2,1-2H3. The summed E-state index contributed by atoms with van der Waals surface area (Å²) in [5.41, 5.74) is 1.52. The lowest BCUT2D eigenvalue weighted by Crippen LogP contribution is -2.49. The van der Waals surface area contributed by atoms with E-state index in [-0.39, 0.29) is 5.91 Å². The molecule has 5 rings (SSSR count). The molecule has 1 aliphatic carbocycles. The van der Waals surface area contributed by atoms with Crippen molar-refractivity contribution < 1.29 is 13.7 Å². The highest BCUT2D eigenvalue weighted by molar-refractivity contribution is 5.95. The summed E-state index contributed by atoms with van der Waals surface area (Å²) in [7, 11) is 0. The SMILES string of the molecule is Cc1cc(C(=O)N2CCN(c3ccc(-c4noc(C5CCCC5)n4)cn3)CC2)c(C)o1. The van der Waals surface area contributed by atoms with Crippen LogP contribution in [0.5, 0.6) is 0 Å². The Bertz CT molecular complexity index is 1060. The molecular formula is C23H27N5O3. The van der Waals surface area contributed by atoms with E-state index in [1.807, 2.05) is 36.9 Å². The van der Waals surface area contributed by atoms with Gasteiger partial charge in [-0.05, 0) is 44.9 Å². The van der Waals surface area contributed by atoms with Crippen molar-refractivity contribution >= 4 is 11.7 Å². The highest BCUT2D eigenvalue weighted by Crippen LogP contribution is 2.34. The molecule has 2 fully saturated rings. The number of hydrogen-bond acceptors (Lipinski definition) is 7. The number of pyridine rings is 1. The van der Waals surface area contributed by atoms with E-state index in [2.05, 4.69) is 20.0 Å². The summed E-state index contributed by atoms with van der Waals surface area (Å²) < 4.78 is 11.0. The Labute approximate surface area is 181 Å². The van der Waals surface area contributed by atoms with Crippen LogP contribution in [-0.4, -0.2) is 52.1 Å². The largest absolute Gasteiger partial charge is 0.466 e. The van der Waals surface area contributed by atoms with E-state index in [1.54, 1.807) is 6.20 Å². The molecule has 1 amide bonds. The van der Waals surface area contributed by atoms with E-state index < -0.39 is 0 Å². The van der Waals surface area contributed by atoms with Crippen LogP contribution < -0.4 is 4.90 Å². The highest BCUT2D eigenvalue weighted by atomic mass is 16.5. The van der Waals surface area contributed by atoms with Crippen molar-refractivity contribution in [2.45, 2.75) is 45.4 Å². The number of hydrogen-bond donors (Lipinski definition) is 0. The van der Waals surface area contributed by atoms with Gasteiger partial charge in [0.2, 0.25) is 11.7 Å². The molecule has 8 nitrogen and oxygen atoms in total. The molecular weight excluding hydrogens is 394 g/mol. The van der Waals surface area contributed by atoms with Crippen molar-refractivity contribution in [3.63, 3.8) is 0 Å². The van der Waals surface area contributed by atoms with Crippen LogP contribution in [0, 0.1) is 13.8 Å². The Morgan fingerprint density at radius 1 is 1.10 bits per heavy atom. The number of piperazine rings is 1. The monoisotopic (exact) mass is 421 g/mol. The summed E-state index contributed by atoms with van der Waals surface area (Å²) in [4.78, 5) is 26.1. The molecule has 1 saturated carbocycles. The van der Waals surface area contributed by atoms with Crippen molar-refractivity contribution in [1.82, 2.24) is 20.0 Å². The fraction of sp³-hybridized carbons (Fsp3) is 0.478. The number of amides is 1. The number of carbonyl (C=O) groups excluding carboxylic acids is 1. The van der Waals surface area contributed by atoms with Crippen molar-refractivity contribution in [2.75, 3.05) is 31.1 Å². The molecule has 1 aliphatic heterocycles. The van der Waals surface area contributed by atoms with Gasteiger partial charge in [-0.15, -0.1) is 0 Å². The van der Waals surface area contributed by atoms with Gasteiger partial charge in [0.15, 0.2) is 0 Å². The summed E-state index contributed by atoms with van der Waals surface area (Å²) in [5, 5.41) is 4.15. The minimum Gasteiger partial charge on any atom is -0.466 e. The Kier molecular flexibility index (Phi) is 5.21. The second-order valence-corrected chi connectivity index (χ2v) is 8.45. The molecule has 2 aliphatic rings. The summed E-state index contributed by atoms with van der Waals surface area (Å²) in [6.07, 6.45) is 6.53. The molecule has 8 heteroatoms. The normalized spacial score (nSPS) is 17.5. The maximum Gasteiger partial charge on any atom is 0.257 e. The van der Waals surface area contributed by atoms with Gasteiger partial charge in [-0.1, -0.05) is 18.0 Å². The average molecular weight is 422 g/mol. The predicted molar refractivity (Wildman–Crippen MR) is 115 cm³/mol. The molecule has 0 aromatic carbocycles. The third-order valence-corrected chi connectivity index (χ3v) is 6.31. The third-order valence-electron chi connectivity index (χ3n) is 6.31. The molecule has 4 heterocycles. The van der Waals surface area contributed by atoms with E-state index in [9.17, 15) is 4.79 Å². The molecule has 0 spiro atoms. The van der Waals surface area contributed by atoms with Gasteiger partial charge in [0.25, 0.3) is 5.91 Å². The topological polar surface area (TPSA) is 88.5 Å². The lowest BCUT2D eigenvalue weighted by atomic mass is 10.1. The molecule has 3 aromatic rings. The van der Waals surface area contributed by atoms with Gasteiger partial charge in [-0.2, -0.15) is 4.98 Å². The molecule has 1 saturated heterocycles. The van der Waals surface area contributed by atoms with Gasteiger partial charge < -0.3 is 18.7 Å². The van der Waals surface area contributed by atoms with Crippen LogP contribution >= 0.6 is 0 Å². The fourth-order valence-electron chi connectivity index (χ4n) is 4.55. The first-order valence-corrected chi connectivity index (χ1v) is 11.0. The van der Waals surface area contributed by atoms with Crippen LogP contribution in [0.3, 0.4) is 0 Å². The van der Waals surface area contributed by atoms with E-state index >= 15 is 0 Å². The van der Waals surface area contributed by atoms with Crippen LogP contribution in [0.1, 0.15) is 59.4 Å². The van der Waals surface area contributed by atoms with Crippen LogP contribution in [0.2, 0.25) is 0 Å². The molecule has 162 valence electrons. The summed E-state index contributed by atoms with van der Waals surface area (Å²) in [6.45, 7) is 6.48. The van der Waals surface area contributed by atoms with Crippen molar-refractivity contribution in [3.05, 3.63) is 47.4 Å². The smallest absolute Gasteiger partial charge is 0.257 e. The molecule has 0 atom stereocenters. The van der Waals surface area contributed by atoms with Gasteiger partial charge >= 0.3 is 0 Å². The van der Waals surface area contributed by atoms with E-state index in [0.717, 1.165) is 49.0 Å². The first-order chi connectivity index (χ1) is 15.1. The lowest BCUT2D eigenvalue weighted by molar-refractivity contribution is 0.0744. The van der Waals surface area contributed by atoms with Gasteiger partial charge in [-0.3, -0.25) is 4.79 Å². The zero-order valence-corrected chi connectivity index (χ0v) is 18.0. The minimum atomic E-state index is 0.0347.